The molecule has 4 aromatic rings. The van der Waals surface area contributed by atoms with E-state index >= 15 is 0 Å². The zero-order valence-corrected chi connectivity index (χ0v) is 17.0. The highest BCUT2D eigenvalue weighted by atomic mass is 16.1. The van der Waals surface area contributed by atoms with Gasteiger partial charge in [-0.1, -0.05) is 97.9 Å². The summed E-state index contributed by atoms with van der Waals surface area (Å²) in [5.41, 5.74) is 5.26. The molecule has 0 spiro atoms. The zero-order valence-electron chi connectivity index (χ0n) is 17.0. The largest absolute Gasteiger partial charge is 0.345 e. The predicted molar refractivity (Wildman–Crippen MR) is 122 cm³/mol. The van der Waals surface area contributed by atoms with Crippen LogP contribution in [0.15, 0.2) is 103 Å². The number of nitrogens with one attached hydrogen (secondary N) is 1. The molecule has 0 fully saturated rings. The van der Waals surface area contributed by atoms with Crippen LogP contribution in [0, 0.1) is 0 Å². The molecule has 0 saturated carbocycles. The maximum Gasteiger partial charge on any atom is 0.251 e. The quantitative estimate of drug-likeness (QED) is 0.418. The third-order valence-corrected chi connectivity index (χ3v) is 5.14. The van der Waals surface area contributed by atoms with Gasteiger partial charge >= 0.3 is 0 Å². The van der Waals surface area contributed by atoms with Crippen molar-refractivity contribution in [1.29, 1.82) is 0 Å². The Morgan fingerprint density at radius 1 is 0.767 bits per heavy atom. The molecule has 1 heterocycles. The van der Waals surface area contributed by atoms with Crippen molar-refractivity contribution in [2.45, 2.75) is 19.4 Å². The number of carbonyl (C=O) groups excluding carboxylic acids is 1. The monoisotopic (exact) mass is 392 g/mol. The molecular formula is C27H24N2O. The van der Waals surface area contributed by atoms with Crippen LogP contribution in [0.1, 0.15) is 35.3 Å². The SMILES string of the molecule is CC[C@H](NC(=O)c1cc(-c2ccccc2)nc(-c2ccccc2)c1)c1ccccc1. The maximum absolute atomic E-state index is 13.2. The minimum atomic E-state index is -0.0949. The van der Waals surface area contributed by atoms with Crippen LogP contribution in [0.3, 0.4) is 0 Å². The van der Waals surface area contributed by atoms with Crippen molar-refractivity contribution < 1.29 is 4.79 Å². The molecular weight excluding hydrogens is 368 g/mol. The predicted octanol–water partition coefficient (Wildman–Crippen LogP) is 6.30. The lowest BCUT2D eigenvalue weighted by molar-refractivity contribution is 0.0935. The van der Waals surface area contributed by atoms with Crippen molar-refractivity contribution in [2.75, 3.05) is 0 Å². The first-order valence-corrected chi connectivity index (χ1v) is 10.2. The summed E-state index contributed by atoms with van der Waals surface area (Å²) in [5, 5.41) is 3.19. The summed E-state index contributed by atoms with van der Waals surface area (Å²) in [4.78, 5) is 18.0. The highest BCUT2D eigenvalue weighted by Gasteiger charge is 2.16. The molecule has 0 aliphatic carbocycles. The molecule has 0 aliphatic heterocycles. The third-order valence-electron chi connectivity index (χ3n) is 5.14. The summed E-state index contributed by atoms with van der Waals surface area (Å²) in [6.07, 6.45) is 0.817. The van der Waals surface area contributed by atoms with E-state index in [2.05, 4.69) is 12.2 Å². The van der Waals surface area contributed by atoms with E-state index in [9.17, 15) is 4.79 Å². The van der Waals surface area contributed by atoms with E-state index in [1.54, 1.807) is 0 Å². The molecule has 1 aromatic heterocycles. The summed E-state index contributed by atoms with van der Waals surface area (Å²) in [6, 6.07) is 33.7. The average molecular weight is 393 g/mol. The van der Waals surface area contributed by atoms with E-state index in [1.807, 2.05) is 103 Å². The number of pyridine rings is 1. The van der Waals surface area contributed by atoms with Crippen LogP contribution in [0.25, 0.3) is 22.5 Å². The average Bonchev–Trinajstić information content (AvgIpc) is 2.83. The van der Waals surface area contributed by atoms with Crippen molar-refractivity contribution in [2.24, 2.45) is 0 Å². The first-order valence-electron chi connectivity index (χ1n) is 10.2. The number of aromatic nitrogens is 1. The van der Waals surface area contributed by atoms with Crippen LogP contribution in [0.5, 0.6) is 0 Å². The lowest BCUT2D eigenvalue weighted by Crippen LogP contribution is -2.28. The van der Waals surface area contributed by atoms with Gasteiger partial charge in [-0.15, -0.1) is 0 Å². The molecule has 0 saturated heterocycles. The molecule has 4 rings (SSSR count). The van der Waals surface area contributed by atoms with Gasteiger partial charge in [0, 0.05) is 16.7 Å². The molecule has 1 atom stereocenters. The van der Waals surface area contributed by atoms with Gasteiger partial charge in [0.1, 0.15) is 0 Å². The normalized spacial score (nSPS) is 11.6. The topological polar surface area (TPSA) is 42.0 Å². The fourth-order valence-electron chi connectivity index (χ4n) is 3.52. The smallest absolute Gasteiger partial charge is 0.251 e. The standard InChI is InChI=1S/C27H24N2O/c1-2-24(20-12-6-3-7-13-20)29-27(30)23-18-25(21-14-8-4-9-15-21)28-26(19-23)22-16-10-5-11-17-22/h3-19,24H,2H2,1H3,(H,29,30)/t24-/m0/s1. The molecule has 1 N–H and O–H groups in total. The van der Waals surface area contributed by atoms with Crippen LogP contribution < -0.4 is 5.32 Å². The Morgan fingerprint density at radius 2 is 1.23 bits per heavy atom. The lowest BCUT2D eigenvalue weighted by atomic mass is 10.0. The van der Waals surface area contributed by atoms with Gasteiger partial charge in [0.2, 0.25) is 0 Å². The minimum Gasteiger partial charge on any atom is -0.345 e. The van der Waals surface area contributed by atoms with Gasteiger partial charge in [-0.3, -0.25) is 4.79 Å². The second kappa shape index (κ2) is 9.19. The molecule has 0 bridgehead atoms. The van der Waals surface area contributed by atoms with Gasteiger partial charge in [-0.25, -0.2) is 4.98 Å². The van der Waals surface area contributed by atoms with E-state index in [0.717, 1.165) is 34.5 Å². The van der Waals surface area contributed by atoms with Crippen molar-refractivity contribution >= 4 is 5.91 Å². The Balaban J connectivity index is 1.72. The third kappa shape index (κ3) is 4.47. The van der Waals surface area contributed by atoms with Crippen molar-refractivity contribution in [1.82, 2.24) is 10.3 Å². The molecule has 3 heteroatoms. The van der Waals surface area contributed by atoms with Crippen LogP contribution in [-0.4, -0.2) is 10.9 Å². The van der Waals surface area contributed by atoms with Gasteiger partial charge in [0.05, 0.1) is 17.4 Å². The van der Waals surface area contributed by atoms with Gasteiger partial charge in [-0.05, 0) is 24.1 Å². The number of nitrogens with zero attached hydrogens (tertiary/aromatic N) is 1. The number of carbonyl (C=O) groups is 1. The fourth-order valence-corrected chi connectivity index (χ4v) is 3.52. The highest BCUT2D eigenvalue weighted by Crippen LogP contribution is 2.25. The first-order chi connectivity index (χ1) is 14.7. The molecule has 148 valence electrons. The molecule has 1 amide bonds. The molecule has 0 aliphatic rings. The number of hydrogen-bond donors (Lipinski definition) is 1. The number of benzene rings is 3. The second-order valence-corrected chi connectivity index (χ2v) is 7.20. The van der Waals surface area contributed by atoms with E-state index in [0.29, 0.717) is 5.56 Å². The summed E-state index contributed by atoms with van der Waals surface area (Å²) in [5.74, 6) is -0.0949. The Hall–Kier alpha value is -3.72. The molecule has 3 aromatic carbocycles. The summed E-state index contributed by atoms with van der Waals surface area (Å²) < 4.78 is 0. The Morgan fingerprint density at radius 3 is 1.70 bits per heavy atom. The fraction of sp³-hybridized carbons (Fsp3) is 0.111. The molecule has 3 nitrogen and oxygen atoms in total. The van der Waals surface area contributed by atoms with Gasteiger partial charge in [0.15, 0.2) is 0 Å². The maximum atomic E-state index is 13.2. The van der Waals surface area contributed by atoms with E-state index in [-0.39, 0.29) is 11.9 Å². The van der Waals surface area contributed by atoms with E-state index in [4.69, 9.17) is 4.98 Å². The number of rotatable bonds is 6. The van der Waals surface area contributed by atoms with Crippen LogP contribution in [0.2, 0.25) is 0 Å². The molecule has 30 heavy (non-hydrogen) atoms. The Labute approximate surface area is 177 Å². The van der Waals surface area contributed by atoms with Crippen LogP contribution in [0.4, 0.5) is 0 Å². The molecule has 0 radical (unpaired) electrons. The second-order valence-electron chi connectivity index (χ2n) is 7.20. The summed E-state index contributed by atoms with van der Waals surface area (Å²) in [7, 11) is 0. The van der Waals surface area contributed by atoms with Crippen molar-refractivity contribution in [3.8, 4) is 22.5 Å². The Kier molecular flexibility index (Phi) is 6.00. The van der Waals surface area contributed by atoms with E-state index < -0.39 is 0 Å². The van der Waals surface area contributed by atoms with Crippen LogP contribution >= 0.6 is 0 Å². The van der Waals surface area contributed by atoms with Crippen molar-refractivity contribution in [3.63, 3.8) is 0 Å². The van der Waals surface area contributed by atoms with Gasteiger partial charge < -0.3 is 5.32 Å². The number of hydrogen-bond acceptors (Lipinski definition) is 2. The molecule has 0 unspecified atom stereocenters. The van der Waals surface area contributed by atoms with Gasteiger partial charge in [-0.2, -0.15) is 0 Å². The minimum absolute atomic E-state index is 0.0350. The van der Waals surface area contributed by atoms with Crippen molar-refractivity contribution in [3.05, 3.63) is 114 Å². The summed E-state index contributed by atoms with van der Waals surface area (Å²) in [6.45, 7) is 2.08. The van der Waals surface area contributed by atoms with E-state index in [1.165, 1.54) is 0 Å². The lowest BCUT2D eigenvalue weighted by Gasteiger charge is -2.18. The zero-order chi connectivity index (χ0) is 20.8. The summed E-state index contributed by atoms with van der Waals surface area (Å²) >= 11 is 0. The Bertz CT molecular complexity index is 1050. The first kappa shape index (κ1) is 19.6. The van der Waals surface area contributed by atoms with Crippen LogP contribution in [-0.2, 0) is 0 Å². The number of amides is 1. The van der Waals surface area contributed by atoms with Gasteiger partial charge in [0.25, 0.3) is 5.91 Å². The highest BCUT2D eigenvalue weighted by molar-refractivity contribution is 5.96.